The Balaban J connectivity index is 2.30. The van der Waals surface area contributed by atoms with Gasteiger partial charge in [0.15, 0.2) is 5.69 Å². The second-order valence-electron chi connectivity index (χ2n) is 5.26. The van der Waals surface area contributed by atoms with Crippen LogP contribution in [0.4, 0.5) is 13.2 Å². The van der Waals surface area contributed by atoms with Crippen molar-refractivity contribution in [2.24, 2.45) is 0 Å². The fraction of sp³-hybridized carbons (Fsp3) is 0.375. The van der Waals surface area contributed by atoms with Crippen LogP contribution in [0.2, 0.25) is 0 Å². The van der Waals surface area contributed by atoms with Crippen molar-refractivity contribution in [1.29, 1.82) is 0 Å². The van der Waals surface area contributed by atoms with Gasteiger partial charge >= 0.3 is 6.18 Å². The molecule has 2 N–H and O–H groups in total. The minimum absolute atomic E-state index is 0.0192. The Morgan fingerprint density at radius 1 is 1.42 bits per heavy atom. The lowest BCUT2D eigenvalue weighted by molar-refractivity contribution is -0.137. The first-order valence-corrected chi connectivity index (χ1v) is 7.33. The number of nitrogens with one attached hydrogen (secondary N) is 1. The van der Waals surface area contributed by atoms with E-state index in [9.17, 15) is 18.0 Å². The molecule has 0 unspecified atom stereocenters. The van der Waals surface area contributed by atoms with Gasteiger partial charge in [-0.15, -0.1) is 0 Å². The van der Waals surface area contributed by atoms with Crippen LogP contribution in [0.3, 0.4) is 0 Å². The van der Waals surface area contributed by atoms with Gasteiger partial charge in [0.05, 0.1) is 18.2 Å². The van der Waals surface area contributed by atoms with Crippen molar-refractivity contribution in [3.05, 3.63) is 41.3 Å². The molecule has 1 aromatic heterocycles. The molecule has 0 saturated carbocycles. The number of carbonyl (C=O) groups is 1. The van der Waals surface area contributed by atoms with Gasteiger partial charge in [-0.2, -0.15) is 13.2 Å². The van der Waals surface area contributed by atoms with E-state index in [1.54, 1.807) is 6.92 Å². The first-order chi connectivity index (χ1) is 11.3. The summed E-state index contributed by atoms with van der Waals surface area (Å²) in [6.07, 6.45) is -3.95. The number of aliphatic hydroxyl groups excluding tert-OH is 1. The van der Waals surface area contributed by atoms with Crippen molar-refractivity contribution in [1.82, 2.24) is 10.3 Å². The molecule has 5 nitrogen and oxygen atoms in total. The Bertz CT molecular complexity index is 722. The number of aliphatic hydroxyl groups is 1. The predicted octanol–water partition coefficient (Wildman–Crippen LogP) is 3.17. The summed E-state index contributed by atoms with van der Waals surface area (Å²) in [6.45, 7) is 3.07. The molecule has 1 heterocycles. The van der Waals surface area contributed by atoms with Crippen LogP contribution >= 0.6 is 0 Å². The van der Waals surface area contributed by atoms with E-state index in [0.29, 0.717) is 6.42 Å². The third kappa shape index (κ3) is 3.94. The smallest absolute Gasteiger partial charge is 0.416 e. The van der Waals surface area contributed by atoms with Crippen molar-refractivity contribution in [3.8, 4) is 11.5 Å². The molecule has 0 radical (unpaired) electrons. The highest BCUT2D eigenvalue weighted by Gasteiger charge is 2.31. The molecule has 8 heteroatoms. The Hall–Kier alpha value is -2.35. The Morgan fingerprint density at radius 2 is 2.12 bits per heavy atom. The Kier molecular flexibility index (Phi) is 5.28. The van der Waals surface area contributed by atoms with Gasteiger partial charge in [0.25, 0.3) is 5.91 Å². The summed E-state index contributed by atoms with van der Waals surface area (Å²) < 4.78 is 43.7. The van der Waals surface area contributed by atoms with E-state index in [1.807, 2.05) is 0 Å². The SMILES string of the molecule is CC[C@H](CO)NC(=O)c1nc(-c2cccc(C(F)(F)F)c2)oc1C. The number of amides is 1. The van der Waals surface area contributed by atoms with E-state index in [-0.39, 0.29) is 29.5 Å². The summed E-state index contributed by atoms with van der Waals surface area (Å²) in [5.74, 6) is -0.427. The molecule has 0 bridgehead atoms. The molecule has 0 spiro atoms. The van der Waals surface area contributed by atoms with Crippen LogP contribution in [0.15, 0.2) is 28.7 Å². The molecular weight excluding hydrogens is 325 g/mol. The predicted molar refractivity (Wildman–Crippen MR) is 80.3 cm³/mol. The lowest BCUT2D eigenvalue weighted by Gasteiger charge is -2.12. The molecule has 2 aromatic rings. The molecule has 0 aliphatic rings. The zero-order valence-electron chi connectivity index (χ0n) is 13.1. The molecule has 1 amide bonds. The maximum Gasteiger partial charge on any atom is 0.416 e. The van der Waals surface area contributed by atoms with E-state index < -0.39 is 23.7 Å². The third-order valence-electron chi connectivity index (χ3n) is 3.50. The second kappa shape index (κ2) is 7.04. The quantitative estimate of drug-likeness (QED) is 0.875. The number of hydrogen-bond acceptors (Lipinski definition) is 4. The van der Waals surface area contributed by atoms with Gasteiger partial charge < -0.3 is 14.8 Å². The molecule has 0 fully saturated rings. The number of aryl methyl sites for hydroxylation is 1. The van der Waals surface area contributed by atoms with E-state index in [1.165, 1.54) is 19.1 Å². The third-order valence-corrected chi connectivity index (χ3v) is 3.50. The van der Waals surface area contributed by atoms with E-state index >= 15 is 0 Å². The molecule has 24 heavy (non-hydrogen) atoms. The molecular formula is C16H17F3N2O3. The van der Waals surface area contributed by atoms with E-state index in [2.05, 4.69) is 10.3 Å². The summed E-state index contributed by atoms with van der Waals surface area (Å²) in [5.41, 5.74) is -0.719. The van der Waals surface area contributed by atoms with Gasteiger partial charge in [0.1, 0.15) is 5.76 Å². The van der Waals surface area contributed by atoms with Gasteiger partial charge in [0, 0.05) is 5.56 Å². The first-order valence-electron chi connectivity index (χ1n) is 7.33. The monoisotopic (exact) mass is 342 g/mol. The normalized spacial score (nSPS) is 12.9. The highest BCUT2D eigenvalue weighted by atomic mass is 19.4. The number of oxazole rings is 1. The largest absolute Gasteiger partial charge is 0.441 e. The van der Waals surface area contributed by atoms with Crippen LogP contribution in [0.25, 0.3) is 11.5 Å². The number of aromatic nitrogens is 1. The van der Waals surface area contributed by atoms with Crippen LogP contribution in [0, 0.1) is 6.92 Å². The zero-order valence-corrected chi connectivity index (χ0v) is 13.1. The molecule has 1 atom stereocenters. The van der Waals surface area contributed by atoms with Gasteiger partial charge in [0.2, 0.25) is 5.89 Å². The van der Waals surface area contributed by atoms with Crippen LogP contribution < -0.4 is 5.32 Å². The van der Waals surface area contributed by atoms with Crippen LogP contribution in [-0.4, -0.2) is 28.6 Å². The van der Waals surface area contributed by atoms with Gasteiger partial charge in [-0.05, 0) is 31.5 Å². The number of nitrogens with zero attached hydrogens (tertiary/aromatic N) is 1. The molecule has 0 aliphatic heterocycles. The number of hydrogen-bond donors (Lipinski definition) is 2. The van der Waals surface area contributed by atoms with E-state index in [4.69, 9.17) is 9.52 Å². The lowest BCUT2D eigenvalue weighted by Crippen LogP contribution is -2.37. The number of rotatable bonds is 5. The van der Waals surface area contributed by atoms with Crippen molar-refractivity contribution in [3.63, 3.8) is 0 Å². The standard InChI is InChI=1S/C16H17F3N2O3/c1-3-12(8-22)20-14(23)13-9(2)24-15(21-13)10-5-4-6-11(7-10)16(17,18)19/h4-7,12,22H,3,8H2,1-2H3,(H,20,23)/t12-/m1/s1. The number of alkyl halides is 3. The summed E-state index contributed by atoms with van der Waals surface area (Å²) in [4.78, 5) is 16.1. The zero-order chi connectivity index (χ0) is 17.9. The average molecular weight is 342 g/mol. The first kappa shape index (κ1) is 18.0. The molecule has 130 valence electrons. The van der Waals surface area contributed by atoms with Gasteiger partial charge in [-0.1, -0.05) is 13.0 Å². The molecule has 0 saturated heterocycles. The maximum atomic E-state index is 12.8. The Morgan fingerprint density at radius 3 is 2.71 bits per heavy atom. The summed E-state index contributed by atoms with van der Waals surface area (Å²) >= 11 is 0. The average Bonchev–Trinajstić information content (AvgIpc) is 2.93. The topological polar surface area (TPSA) is 75.4 Å². The lowest BCUT2D eigenvalue weighted by atomic mass is 10.1. The number of benzene rings is 1. The van der Waals surface area contributed by atoms with Crippen molar-refractivity contribution in [2.45, 2.75) is 32.5 Å². The van der Waals surface area contributed by atoms with Gasteiger partial charge in [-0.25, -0.2) is 4.98 Å². The molecule has 2 rings (SSSR count). The second-order valence-corrected chi connectivity index (χ2v) is 5.26. The van der Waals surface area contributed by atoms with Crippen molar-refractivity contribution < 1.29 is 27.5 Å². The summed E-state index contributed by atoms with van der Waals surface area (Å²) in [5, 5.41) is 11.7. The molecule has 0 aliphatic carbocycles. The summed E-state index contributed by atoms with van der Waals surface area (Å²) in [6, 6.07) is 4.10. The highest BCUT2D eigenvalue weighted by Crippen LogP contribution is 2.32. The fourth-order valence-electron chi connectivity index (χ4n) is 2.09. The van der Waals surface area contributed by atoms with Crippen LogP contribution in [0.1, 0.15) is 35.2 Å². The summed E-state index contributed by atoms with van der Waals surface area (Å²) in [7, 11) is 0. The van der Waals surface area contributed by atoms with E-state index in [0.717, 1.165) is 12.1 Å². The van der Waals surface area contributed by atoms with Crippen molar-refractivity contribution >= 4 is 5.91 Å². The van der Waals surface area contributed by atoms with Crippen LogP contribution in [-0.2, 0) is 6.18 Å². The Labute approximate surface area is 136 Å². The number of carbonyl (C=O) groups excluding carboxylic acids is 1. The molecule has 1 aromatic carbocycles. The fourth-order valence-corrected chi connectivity index (χ4v) is 2.09. The maximum absolute atomic E-state index is 12.8. The van der Waals surface area contributed by atoms with Crippen molar-refractivity contribution in [2.75, 3.05) is 6.61 Å². The highest BCUT2D eigenvalue weighted by molar-refractivity contribution is 5.93. The minimum atomic E-state index is -4.48. The number of halogens is 3. The van der Waals surface area contributed by atoms with Crippen LogP contribution in [0.5, 0.6) is 0 Å². The minimum Gasteiger partial charge on any atom is -0.441 e. The van der Waals surface area contributed by atoms with Gasteiger partial charge in [-0.3, -0.25) is 4.79 Å².